The van der Waals surface area contributed by atoms with Crippen molar-refractivity contribution in [2.45, 2.75) is 70.6 Å². The molecule has 2 heteroatoms. The normalized spacial score (nSPS) is 15.2. The molecule has 26 heavy (non-hydrogen) atoms. The number of halogens is 1. The van der Waals surface area contributed by atoms with Gasteiger partial charge in [-0.1, -0.05) is 75.8 Å². The Morgan fingerprint density at radius 1 is 0.885 bits per heavy atom. The lowest BCUT2D eigenvalue weighted by Crippen LogP contribution is -2.04. The zero-order valence-corrected chi connectivity index (χ0v) is 17.6. The second-order valence-electron chi connectivity index (χ2n) is 7.51. The van der Waals surface area contributed by atoms with Crippen LogP contribution >= 0.6 is 15.9 Å². The zero-order chi connectivity index (χ0) is 18.2. The summed E-state index contributed by atoms with van der Waals surface area (Å²) in [5.41, 5.74) is 4.03. The van der Waals surface area contributed by atoms with Crippen molar-refractivity contribution >= 4 is 15.9 Å². The number of hydrogen-bond acceptors (Lipinski definition) is 1. The van der Waals surface area contributed by atoms with Gasteiger partial charge in [0.1, 0.15) is 5.75 Å². The van der Waals surface area contributed by atoms with E-state index >= 15 is 0 Å². The Labute approximate surface area is 167 Å². The first-order valence-electron chi connectivity index (χ1n) is 10.3. The third kappa shape index (κ3) is 5.36. The van der Waals surface area contributed by atoms with Gasteiger partial charge in [0.25, 0.3) is 0 Å². The fourth-order valence-electron chi connectivity index (χ4n) is 3.89. The SMILES string of the molecule is CCCCCCOc1ccc(-c2ccc(C3CCCCC3)cc2)cc1Br. The lowest BCUT2D eigenvalue weighted by molar-refractivity contribution is 0.303. The van der Waals surface area contributed by atoms with E-state index in [0.29, 0.717) is 0 Å². The Morgan fingerprint density at radius 2 is 1.62 bits per heavy atom. The molecule has 0 aromatic heterocycles. The van der Waals surface area contributed by atoms with Gasteiger partial charge < -0.3 is 4.74 Å². The van der Waals surface area contributed by atoms with E-state index in [0.717, 1.165) is 29.2 Å². The quantitative estimate of drug-likeness (QED) is 0.396. The molecule has 0 amide bonds. The highest BCUT2D eigenvalue weighted by Gasteiger charge is 2.15. The van der Waals surface area contributed by atoms with Crippen molar-refractivity contribution in [2.75, 3.05) is 6.61 Å². The molecule has 2 aromatic carbocycles. The maximum atomic E-state index is 5.93. The van der Waals surface area contributed by atoms with Crippen molar-refractivity contribution in [1.29, 1.82) is 0 Å². The second kappa shape index (κ2) is 10.2. The predicted octanol–water partition coefficient (Wildman–Crippen LogP) is 8.12. The molecule has 1 aliphatic carbocycles. The molecule has 0 N–H and O–H groups in total. The summed E-state index contributed by atoms with van der Waals surface area (Å²) < 4.78 is 6.97. The van der Waals surface area contributed by atoms with Crippen LogP contribution < -0.4 is 4.74 Å². The van der Waals surface area contributed by atoms with E-state index in [9.17, 15) is 0 Å². The summed E-state index contributed by atoms with van der Waals surface area (Å²) in [6.45, 7) is 3.03. The van der Waals surface area contributed by atoms with Gasteiger partial charge in [-0.2, -0.15) is 0 Å². The Hall–Kier alpha value is -1.28. The molecule has 1 aliphatic rings. The number of ether oxygens (including phenoxy) is 1. The third-order valence-corrected chi connectivity index (χ3v) is 6.13. The monoisotopic (exact) mass is 414 g/mol. The fraction of sp³-hybridized carbons (Fsp3) is 0.500. The average molecular weight is 415 g/mol. The summed E-state index contributed by atoms with van der Waals surface area (Å²) in [4.78, 5) is 0. The van der Waals surface area contributed by atoms with Crippen LogP contribution in [-0.4, -0.2) is 6.61 Å². The maximum Gasteiger partial charge on any atom is 0.133 e. The molecule has 1 saturated carbocycles. The molecule has 0 radical (unpaired) electrons. The minimum absolute atomic E-state index is 0.771. The third-order valence-electron chi connectivity index (χ3n) is 5.51. The molecular weight excluding hydrogens is 384 g/mol. The Kier molecular flexibility index (Phi) is 7.61. The van der Waals surface area contributed by atoms with Crippen LogP contribution in [-0.2, 0) is 0 Å². The van der Waals surface area contributed by atoms with Gasteiger partial charge in [0.15, 0.2) is 0 Å². The first-order valence-corrected chi connectivity index (χ1v) is 11.1. The molecule has 0 spiro atoms. The number of rotatable bonds is 8. The molecule has 0 unspecified atom stereocenters. The molecule has 140 valence electrons. The van der Waals surface area contributed by atoms with E-state index in [1.165, 1.54) is 68.1 Å². The predicted molar refractivity (Wildman–Crippen MR) is 115 cm³/mol. The first kappa shape index (κ1) is 19.5. The highest BCUT2D eigenvalue weighted by Crippen LogP contribution is 2.35. The number of benzene rings is 2. The summed E-state index contributed by atoms with van der Waals surface area (Å²) in [5, 5.41) is 0. The van der Waals surface area contributed by atoms with Crippen LogP contribution in [0.4, 0.5) is 0 Å². The topological polar surface area (TPSA) is 9.23 Å². The first-order chi connectivity index (χ1) is 12.8. The molecule has 1 nitrogen and oxygen atoms in total. The van der Waals surface area contributed by atoms with Gasteiger partial charge in [0.05, 0.1) is 11.1 Å². The standard InChI is InChI=1S/C24H31BrO/c1-2-3-4-8-17-26-24-16-15-22(18-23(24)25)21-13-11-20(12-14-21)19-9-6-5-7-10-19/h11-16,18-19H,2-10,17H2,1H3. The van der Waals surface area contributed by atoms with Gasteiger partial charge in [0.2, 0.25) is 0 Å². The average Bonchev–Trinajstić information content (AvgIpc) is 2.70. The molecule has 1 fully saturated rings. The van der Waals surface area contributed by atoms with Crippen molar-refractivity contribution in [1.82, 2.24) is 0 Å². The zero-order valence-electron chi connectivity index (χ0n) is 16.0. The van der Waals surface area contributed by atoms with Crippen molar-refractivity contribution in [3.8, 4) is 16.9 Å². The lowest BCUT2D eigenvalue weighted by Gasteiger charge is -2.22. The lowest BCUT2D eigenvalue weighted by atomic mass is 9.84. The molecule has 0 saturated heterocycles. The minimum atomic E-state index is 0.771. The molecule has 0 atom stereocenters. The Morgan fingerprint density at radius 3 is 2.31 bits per heavy atom. The van der Waals surface area contributed by atoms with E-state index in [1.807, 2.05) is 0 Å². The van der Waals surface area contributed by atoms with E-state index in [2.05, 4.69) is 65.3 Å². The van der Waals surface area contributed by atoms with Crippen LogP contribution in [0.25, 0.3) is 11.1 Å². The van der Waals surface area contributed by atoms with E-state index in [-0.39, 0.29) is 0 Å². The highest BCUT2D eigenvalue weighted by molar-refractivity contribution is 9.10. The van der Waals surface area contributed by atoms with E-state index in [4.69, 9.17) is 4.74 Å². The van der Waals surface area contributed by atoms with Gasteiger partial charge in [-0.05, 0) is 69.9 Å². The van der Waals surface area contributed by atoms with E-state index < -0.39 is 0 Å². The van der Waals surface area contributed by atoms with E-state index in [1.54, 1.807) is 0 Å². The Bertz CT molecular complexity index is 671. The summed E-state index contributed by atoms with van der Waals surface area (Å²) >= 11 is 3.68. The molecule has 0 aliphatic heterocycles. The van der Waals surface area contributed by atoms with Crippen molar-refractivity contribution in [3.05, 3.63) is 52.5 Å². The van der Waals surface area contributed by atoms with Gasteiger partial charge in [0, 0.05) is 0 Å². The summed E-state index contributed by atoms with van der Waals surface area (Å²) in [7, 11) is 0. The van der Waals surface area contributed by atoms with Crippen LogP contribution in [0.1, 0.15) is 76.2 Å². The molecule has 3 rings (SSSR count). The summed E-state index contributed by atoms with van der Waals surface area (Å²) in [6, 6.07) is 15.6. The van der Waals surface area contributed by atoms with Crippen LogP contribution in [0.3, 0.4) is 0 Å². The van der Waals surface area contributed by atoms with Gasteiger partial charge in [-0.25, -0.2) is 0 Å². The van der Waals surface area contributed by atoms with Crippen LogP contribution in [0, 0.1) is 0 Å². The van der Waals surface area contributed by atoms with Crippen LogP contribution in [0.5, 0.6) is 5.75 Å². The van der Waals surface area contributed by atoms with Gasteiger partial charge >= 0.3 is 0 Å². The number of hydrogen-bond donors (Lipinski definition) is 0. The molecular formula is C24H31BrO. The van der Waals surface area contributed by atoms with Crippen LogP contribution in [0.2, 0.25) is 0 Å². The van der Waals surface area contributed by atoms with Gasteiger partial charge in [-0.3, -0.25) is 0 Å². The largest absolute Gasteiger partial charge is 0.492 e. The molecule has 2 aromatic rings. The summed E-state index contributed by atoms with van der Waals surface area (Å²) in [5.74, 6) is 1.72. The molecule has 0 bridgehead atoms. The fourth-order valence-corrected chi connectivity index (χ4v) is 4.39. The smallest absolute Gasteiger partial charge is 0.133 e. The highest BCUT2D eigenvalue weighted by atomic mass is 79.9. The maximum absolute atomic E-state index is 5.93. The van der Waals surface area contributed by atoms with Crippen LogP contribution in [0.15, 0.2) is 46.9 Å². The number of unbranched alkanes of at least 4 members (excludes halogenated alkanes) is 3. The minimum Gasteiger partial charge on any atom is -0.492 e. The van der Waals surface area contributed by atoms with Gasteiger partial charge in [-0.15, -0.1) is 0 Å². The summed E-state index contributed by atoms with van der Waals surface area (Å²) in [6.07, 6.45) is 11.8. The van der Waals surface area contributed by atoms with Crippen molar-refractivity contribution < 1.29 is 4.74 Å². The second-order valence-corrected chi connectivity index (χ2v) is 8.37. The molecule has 0 heterocycles. The van der Waals surface area contributed by atoms with Crippen molar-refractivity contribution in [3.63, 3.8) is 0 Å². The Balaban J connectivity index is 1.61. The van der Waals surface area contributed by atoms with Crippen molar-refractivity contribution in [2.24, 2.45) is 0 Å².